The lowest BCUT2D eigenvalue weighted by Gasteiger charge is -2.20. The largest absolute Gasteiger partial charge is 0.456 e. The van der Waals surface area contributed by atoms with Crippen molar-refractivity contribution in [2.24, 2.45) is 0 Å². The average molecular weight is 276 g/mol. The monoisotopic (exact) mass is 276 g/mol. The summed E-state index contributed by atoms with van der Waals surface area (Å²) in [6, 6.07) is 4.15. The maximum absolute atomic E-state index is 13.7. The molecule has 0 unspecified atom stereocenters. The van der Waals surface area contributed by atoms with Crippen molar-refractivity contribution in [3.05, 3.63) is 35.1 Å². The number of benzene rings is 1. The molecule has 20 heavy (non-hydrogen) atoms. The molecule has 5 heteroatoms. The van der Waals surface area contributed by atoms with Crippen LogP contribution in [0, 0.1) is 12.7 Å². The van der Waals surface area contributed by atoms with E-state index in [1.54, 1.807) is 33.8 Å². The molecule has 0 aliphatic heterocycles. The van der Waals surface area contributed by atoms with Gasteiger partial charge in [0.15, 0.2) is 0 Å². The molecule has 0 radical (unpaired) electrons. The Kier molecular flexibility index (Phi) is 3.38. The van der Waals surface area contributed by atoms with E-state index in [4.69, 9.17) is 10.5 Å². The Hall–Kier alpha value is -2.17. The molecular formula is C15H17FN2O2. The molecular weight excluding hydrogens is 259 g/mol. The highest BCUT2D eigenvalue weighted by molar-refractivity contribution is 6.03. The van der Waals surface area contributed by atoms with E-state index in [0.717, 1.165) is 11.6 Å². The van der Waals surface area contributed by atoms with Gasteiger partial charge in [-0.05, 0) is 51.5 Å². The Morgan fingerprint density at radius 1 is 1.30 bits per heavy atom. The lowest BCUT2D eigenvalue weighted by atomic mass is 10.1. The first-order valence-corrected chi connectivity index (χ1v) is 6.27. The minimum atomic E-state index is -0.661. The van der Waals surface area contributed by atoms with Crippen molar-refractivity contribution in [1.29, 1.82) is 0 Å². The third-order valence-electron chi connectivity index (χ3n) is 2.73. The van der Waals surface area contributed by atoms with Crippen LogP contribution in [0.25, 0.3) is 10.9 Å². The predicted molar refractivity (Wildman–Crippen MR) is 76.0 cm³/mol. The molecule has 0 aliphatic carbocycles. The van der Waals surface area contributed by atoms with E-state index >= 15 is 0 Å². The van der Waals surface area contributed by atoms with Gasteiger partial charge in [0.25, 0.3) is 0 Å². The summed E-state index contributed by atoms with van der Waals surface area (Å²) in [6.07, 6.45) is 0. The molecule has 1 aromatic carbocycles. The lowest BCUT2D eigenvalue weighted by Crippen LogP contribution is -2.24. The summed E-state index contributed by atoms with van der Waals surface area (Å²) in [5.41, 5.74) is 6.27. The van der Waals surface area contributed by atoms with Gasteiger partial charge in [0, 0.05) is 5.39 Å². The van der Waals surface area contributed by atoms with Gasteiger partial charge >= 0.3 is 5.97 Å². The molecule has 0 bridgehead atoms. The van der Waals surface area contributed by atoms with Crippen LogP contribution in [0.2, 0.25) is 0 Å². The number of hydrogen-bond donors (Lipinski definition) is 1. The zero-order chi connectivity index (χ0) is 15.1. The van der Waals surface area contributed by atoms with Crippen LogP contribution in [0.3, 0.4) is 0 Å². The molecule has 0 amide bonds. The van der Waals surface area contributed by atoms with E-state index in [1.165, 1.54) is 6.07 Å². The molecule has 2 N–H and O–H groups in total. The number of fused-ring (bicyclic) bond motifs is 1. The van der Waals surface area contributed by atoms with Crippen molar-refractivity contribution in [2.45, 2.75) is 33.3 Å². The first-order valence-electron chi connectivity index (χ1n) is 6.27. The normalized spacial score (nSPS) is 11.7. The SMILES string of the molecule is Cc1cc2cc(F)cc(C(=O)OC(C)(C)C)c2nc1N. The fraction of sp³-hybridized carbons (Fsp3) is 0.333. The van der Waals surface area contributed by atoms with E-state index in [0.29, 0.717) is 16.7 Å². The van der Waals surface area contributed by atoms with Gasteiger partial charge in [0.2, 0.25) is 0 Å². The van der Waals surface area contributed by atoms with Gasteiger partial charge < -0.3 is 10.5 Å². The van der Waals surface area contributed by atoms with Gasteiger partial charge in [-0.15, -0.1) is 0 Å². The van der Waals surface area contributed by atoms with Crippen LogP contribution in [0.1, 0.15) is 36.7 Å². The summed E-state index contributed by atoms with van der Waals surface area (Å²) in [4.78, 5) is 16.3. The summed E-state index contributed by atoms with van der Waals surface area (Å²) in [6.45, 7) is 7.02. The number of anilines is 1. The number of hydrogen-bond acceptors (Lipinski definition) is 4. The first-order chi connectivity index (χ1) is 9.17. The Labute approximate surface area is 116 Å². The number of aromatic nitrogens is 1. The maximum atomic E-state index is 13.7. The summed E-state index contributed by atoms with van der Waals surface area (Å²) < 4.78 is 18.9. The van der Waals surface area contributed by atoms with Gasteiger partial charge in [-0.1, -0.05) is 0 Å². The third kappa shape index (κ3) is 2.87. The summed E-state index contributed by atoms with van der Waals surface area (Å²) >= 11 is 0. The zero-order valence-electron chi connectivity index (χ0n) is 12.0. The van der Waals surface area contributed by atoms with Gasteiger partial charge in [0.05, 0.1) is 11.1 Å². The predicted octanol–water partition coefficient (Wildman–Crippen LogP) is 3.22. The number of esters is 1. The number of carbonyl (C=O) groups excluding carboxylic acids is 1. The van der Waals surface area contributed by atoms with Gasteiger partial charge in [-0.25, -0.2) is 14.2 Å². The maximum Gasteiger partial charge on any atom is 0.340 e. The number of nitrogen functional groups attached to an aromatic ring is 1. The van der Waals surface area contributed by atoms with Crippen LogP contribution >= 0.6 is 0 Å². The summed E-state index contributed by atoms with van der Waals surface area (Å²) in [5, 5.41) is 0.526. The van der Waals surface area contributed by atoms with E-state index < -0.39 is 17.4 Å². The Morgan fingerprint density at radius 2 is 1.95 bits per heavy atom. The van der Waals surface area contributed by atoms with Gasteiger partial charge in [-0.3, -0.25) is 0 Å². The highest BCUT2D eigenvalue weighted by Crippen LogP contribution is 2.24. The standard InChI is InChI=1S/C15H17FN2O2/c1-8-5-9-6-10(16)7-11(12(9)18-13(8)17)14(19)20-15(2,3)4/h5-7H,1-4H3,(H2,17,18). The molecule has 0 atom stereocenters. The number of halogens is 1. The van der Waals surface area contributed by atoms with Crippen LogP contribution in [0.5, 0.6) is 0 Å². The number of carbonyl (C=O) groups is 1. The average Bonchev–Trinajstić information content (AvgIpc) is 2.28. The molecule has 0 aliphatic rings. The molecule has 1 heterocycles. The molecule has 106 valence electrons. The number of nitrogens with two attached hydrogens (primary N) is 1. The van der Waals surface area contributed by atoms with Crippen LogP contribution < -0.4 is 5.73 Å². The minimum absolute atomic E-state index is 0.0848. The second-order valence-corrected chi connectivity index (χ2v) is 5.72. The van der Waals surface area contributed by atoms with Crippen molar-refractivity contribution in [2.75, 3.05) is 5.73 Å². The lowest BCUT2D eigenvalue weighted by molar-refractivity contribution is 0.00711. The molecule has 0 saturated heterocycles. The topological polar surface area (TPSA) is 65.2 Å². The van der Waals surface area contributed by atoms with Crippen LogP contribution in [-0.2, 0) is 4.74 Å². The number of pyridine rings is 1. The van der Waals surface area contributed by atoms with E-state index in [2.05, 4.69) is 4.98 Å². The first kappa shape index (κ1) is 14.2. The quantitative estimate of drug-likeness (QED) is 0.812. The zero-order valence-corrected chi connectivity index (χ0v) is 12.0. The number of aryl methyl sites for hydroxylation is 1. The molecule has 4 nitrogen and oxygen atoms in total. The molecule has 0 fully saturated rings. The van der Waals surface area contributed by atoms with Gasteiger partial charge in [-0.2, -0.15) is 0 Å². The van der Waals surface area contributed by atoms with Crippen molar-refractivity contribution in [3.63, 3.8) is 0 Å². The second-order valence-electron chi connectivity index (χ2n) is 5.72. The second kappa shape index (κ2) is 4.74. The molecule has 0 saturated carbocycles. The Morgan fingerprint density at radius 3 is 2.55 bits per heavy atom. The van der Waals surface area contributed by atoms with E-state index in [-0.39, 0.29) is 5.56 Å². The highest BCUT2D eigenvalue weighted by Gasteiger charge is 2.21. The Balaban J connectivity index is 2.63. The summed E-state index contributed by atoms with van der Waals surface area (Å²) in [5.74, 6) is -0.809. The van der Waals surface area contributed by atoms with E-state index in [1.807, 2.05) is 0 Å². The molecule has 2 aromatic rings. The third-order valence-corrected chi connectivity index (χ3v) is 2.73. The fourth-order valence-corrected chi connectivity index (χ4v) is 1.86. The molecule has 0 spiro atoms. The number of ether oxygens (including phenoxy) is 1. The summed E-state index contributed by atoms with van der Waals surface area (Å²) in [7, 11) is 0. The Bertz CT molecular complexity index is 690. The highest BCUT2D eigenvalue weighted by atomic mass is 19.1. The van der Waals surface area contributed by atoms with Crippen LogP contribution in [0.15, 0.2) is 18.2 Å². The van der Waals surface area contributed by atoms with Crippen molar-refractivity contribution < 1.29 is 13.9 Å². The minimum Gasteiger partial charge on any atom is -0.456 e. The van der Waals surface area contributed by atoms with Crippen LogP contribution in [0.4, 0.5) is 10.2 Å². The smallest absolute Gasteiger partial charge is 0.340 e. The molecule has 2 rings (SSSR count). The van der Waals surface area contributed by atoms with Gasteiger partial charge in [0.1, 0.15) is 17.2 Å². The van der Waals surface area contributed by atoms with Crippen LogP contribution in [-0.4, -0.2) is 16.6 Å². The fourth-order valence-electron chi connectivity index (χ4n) is 1.86. The molecule has 1 aromatic heterocycles. The van der Waals surface area contributed by atoms with Crippen molar-refractivity contribution in [1.82, 2.24) is 4.98 Å². The van der Waals surface area contributed by atoms with Crippen molar-refractivity contribution >= 4 is 22.7 Å². The van der Waals surface area contributed by atoms with Crippen molar-refractivity contribution in [3.8, 4) is 0 Å². The number of nitrogens with zero attached hydrogens (tertiary/aromatic N) is 1. The number of rotatable bonds is 1. The van der Waals surface area contributed by atoms with E-state index in [9.17, 15) is 9.18 Å².